The molecule has 31 heavy (non-hydrogen) atoms. The highest BCUT2D eigenvalue weighted by Crippen LogP contribution is 2.42. The number of nitrogens with one attached hydrogen (secondary N) is 1. The SMILES string of the molecule is COC(=O)c1cc(NC(C)=O)ccc1-c1c2ccc(=O)cc-2oc2cc(OC)ccc12. The zero-order chi connectivity index (χ0) is 22.1. The first-order valence-corrected chi connectivity index (χ1v) is 9.46. The maximum absolute atomic E-state index is 12.6. The largest absolute Gasteiger partial charge is 0.497 e. The number of rotatable bonds is 4. The average molecular weight is 417 g/mol. The number of benzene rings is 3. The van der Waals surface area contributed by atoms with Gasteiger partial charge in [-0.25, -0.2) is 4.79 Å². The van der Waals surface area contributed by atoms with E-state index >= 15 is 0 Å². The first-order valence-electron chi connectivity index (χ1n) is 9.46. The van der Waals surface area contributed by atoms with Gasteiger partial charge >= 0.3 is 5.97 Å². The Balaban J connectivity index is 2.10. The Kier molecular flexibility index (Phi) is 5.17. The summed E-state index contributed by atoms with van der Waals surface area (Å²) in [7, 11) is 2.84. The van der Waals surface area contributed by atoms with Crippen molar-refractivity contribution in [3.63, 3.8) is 0 Å². The Morgan fingerprint density at radius 3 is 2.42 bits per heavy atom. The van der Waals surface area contributed by atoms with E-state index in [2.05, 4.69) is 5.32 Å². The average Bonchev–Trinajstić information content (AvgIpc) is 2.76. The lowest BCUT2D eigenvalue weighted by molar-refractivity contribution is -0.114. The summed E-state index contributed by atoms with van der Waals surface area (Å²) < 4.78 is 16.3. The molecule has 1 N–H and O–H groups in total. The topological polar surface area (TPSA) is 94.8 Å². The fourth-order valence-corrected chi connectivity index (χ4v) is 3.59. The molecule has 0 unspecified atom stereocenters. The smallest absolute Gasteiger partial charge is 0.338 e. The van der Waals surface area contributed by atoms with Crippen LogP contribution in [0, 0.1) is 0 Å². The van der Waals surface area contributed by atoms with Crippen LogP contribution in [-0.2, 0) is 9.53 Å². The maximum Gasteiger partial charge on any atom is 0.338 e. The van der Waals surface area contributed by atoms with Gasteiger partial charge in [0.1, 0.15) is 17.1 Å². The second-order valence-corrected chi connectivity index (χ2v) is 6.93. The second kappa shape index (κ2) is 7.95. The Bertz CT molecular complexity index is 1350. The minimum Gasteiger partial charge on any atom is -0.497 e. The number of methoxy groups -OCH3 is 2. The van der Waals surface area contributed by atoms with Crippen molar-refractivity contribution >= 4 is 28.5 Å². The van der Waals surface area contributed by atoms with Gasteiger partial charge in [0, 0.05) is 41.3 Å². The highest BCUT2D eigenvalue weighted by molar-refractivity contribution is 6.08. The number of esters is 1. The van der Waals surface area contributed by atoms with Gasteiger partial charge in [-0.3, -0.25) is 9.59 Å². The molecule has 2 aliphatic rings. The molecule has 0 atom stereocenters. The number of amides is 1. The minimum absolute atomic E-state index is 0.196. The third-order valence-corrected chi connectivity index (χ3v) is 4.92. The second-order valence-electron chi connectivity index (χ2n) is 6.93. The van der Waals surface area contributed by atoms with Gasteiger partial charge in [0.25, 0.3) is 0 Å². The van der Waals surface area contributed by atoms with Crippen LogP contribution in [0.4, 0.5) is 5.69 Å². The number of anilines is 1. The van der Waals surface area contributed by atoms with Gasteiger partial charge in [0.15, 0.2) is 5.43 Å². The number of ether oxygens (including phenoxy) is 2. The van der Waals surface area contributed by atoms with E-state index < -0.39 is 5.97 Å². The molecule has 0 radical (unpaired) electrons. The van der Waals surface area contributed by atoms with E-state index in [4.69, 9.17) is 13.9 Å². The predicted molar refractivity (Wildman–Crippen MR) is 117 cm³/mol. The van der Waals surface area contributed by atoms with Gasteiger partial charge in [-0.1, -0.05) is 6.07 Å². The zero-order valence-electron chi connectivity index (χ0n) is 17.1. The van der Waals surface area contributed by atoms with Gasteiger partial charge in [-0.05, 0) is 42.0 Å². The first-order chi connectivity index (χ1) is 14.9. The molecule has 2 aromatic carbocycles. The summed E-state index contributed by atoms with van der Waals surface area (Å²) in [6, 6.07) is 14.9. The summed E-state index contributed by atoms with van der Waals surface area (Å²) in [5.74, 6) is 0.158. The standard InChI is InChI=1S/C24H19NO6/c1-13(26)25-14-4-7-17(20(10-14)24(28)30-3)23-18-8-5-15(27)11-21(18)31-22-12-16(29-2)6-9-19(22)23/h4-12H,1-3H3,(H,25,26). The first kappa shape index (κ1) is 20.2. The Labute approximate surface area is 177 Å². The Morgan fingerprint density at radius 1 is 0.935 bits per heavy atom. The summed E-state index contributed by atoms with van der Waals surface area (Å²) in [5, 5.41) is 3.40. The molecule has 0 spiro atoms. The molecule has 7 nitrogen and oxygen atoms in total. The van der Waals surface area contributed by atoms with Gasteiger partial charge in [0.05, 0.1) is 19.8 Å². The monoisotopic (exact) mass is 417 g/mol. The van der Waals surface area contributed by atoms with E-state index in [9.17, 15) is 14.4 Å². The predicted octanol–water partition coefficient (Wildman–Crippen LogP) is 4.32. The molecule has 4 rings (SSSR count). The summed E-state index contributed by atoms with van der Waals surface area (Å²) in [4.78, 5) is 36.1. The molecular formula is C24H19NO6. The Hall–Kier alpha value is -4.13. The lowest BCUT2D eigenvalue weighted by Gasteiger charge is -2.18. The summed E-state index contributed by atoms with van der Waals surface area (Å²) >= 11 is 0. The van der Waals surface area contributed by atoms with Crippen LogP contribution in [0.15, 0.2) is 63.8 Å². The van der Waals surface area contributed by atoms with E-state index in [0.29, 0.717) is 39.5 Å². The van der Waals surface area contributed by atoms with Crippen LogP contribution in [0.25, 0.3) is 33.4 Å². The lowest BCUT2D eigenvalue weighted by atomic mass is 9.90. The molecule has 0 fully saturated rings. The van der Waals surface area contributed by atoms with Crippen LogP contribution in [0.5, 0.6) is 5.75 Å². The van der Waals surface area contributed by atoms with Crippen LogP contribution < -0.4 is 15.5 Å². The molecule has 2 aromatic rings. The molecule has 1 heterocycles. The van der Waals surface area contributed by atoms with Crippen LogP contribution in [0.3, 0.4) is 0 Å². The van der Waals surface area contributed by atoms with E-state index in [1.54, 1.807) is 43.5 Å². The lowest BCUT2D eigenvalue weighted by Crippen LogP contribution is -2.09. The summed E-state index contributed by atoms with van der Waals surface area (Å²) in [6.45, 7) is 1.39. The van der Waals surface area contributed by atoms with Crippen molar-refractivity contribution in [3.05, 3.63) is 70.4 Å². The molecule has 0 aromatic heterocycles. The van der Waals surface area contributed by atoms with E-state index in [1.807, 2.05) is 6.07 Å². The summed E-state index contributed by atoms with van der Waals surface area (Å²) in [6.07, 6.45) is 0. The van der Waals surface area contributed by atoms with Crippen LogP contribution in [-0.4, -0.2) is 26.1 Å². The van der Waals surface area contributed by atoms with Crippen molar-refractivity contribution in [2.24, 2.45) is 0 Å². The molecule has 0 saturated heterocycles. The molecule has 0 bridgehead atoms. The molecule has 1 amide bonds. The molecule has 1 aliphatic heterocycles. The van der Waals surface area contributed by atoms with Crippen molar-refractivity contribution in [2.75, 3.05) is 19.5 Å². The number of hydrogen-bond donors (Lipinski definition) is 1. The van der Waals surface area contributed by atoms with Crippen molar-refractivity contribution in [2.45, 2.75) is 6.92 Å². The maximum atomic E-state index is 12.6. The fraction of sp³-hybridized carbons (Fsp3) is 0.125. The highest BCUT2D eigenvalue weighted by Gasteiger charge is 2.23. The zero-order valence-corrected chi connectivity index (χ0v) is 17.1. The van der Waals surface area contributed by atoms with Crippen molar-refractivity contribution < 1.29 is 23.5 Å². The van der Waals surface area contributed by atoms with Crippen LogP contribution in [0.1, 0.15) is 17.3 Å². The van der Waals surface area contributed by atoms with Gasteiger partial charge in [-0.15, -0.1) is 0 Å². The number of hydrogen-bond acceptors (Lipinski definition) is 6. The number of carbonyl (C=O) groups is 2. The molecule has 7 heteroatoms. The Morgan fingerprint density at radius 2 is 1.71 bits per heavy atom. The molecular weight excluding hydrogens is 398 g/mol. The summed E-state index contributed by atoms with van der Waals surface area (Å²) in [5.41, 5.74) is 2.98. The normalized spacial score (nSPS) is 10.8. The van der Waals surface area contributed by atoms with E-state index in [0.717, 1.165) is 5.39 Å². The van der Waals surface area contributed by atoms with Crippen molar-refractivity contribution in [3.8, 4) is 28.2 Å². The van der Waals surface area contributed by atoms with Gasteiger partial charge in [-0.2, -0.15) is 0 Å². The molecule has 1 aliphatic carbocycles. The van der Waals surface area contributed by atoms with E-state index in [1.165, 1.54) is 26.2 Å². The third-order valence-electron chi connectivity index (χ3n) is 4.92. The number of fused-ring (bicyclic) bond motifs is 2. The molecule has 156 valence electrons. The van der Waals surface area contributed by atoms with Crippen molar-refractivity contribution in [1.29, 1.82) is 0 Å². The minimum atomic E-state index is -0.557. The number of carbonyl (C=O) groups excluding carboxylic acids is 2. The van der Waals surface area contributed by atoms with Gasteiger partial charge in [0.2, 0.25) is 5.91 Å². The third kappa shape index (κ3) is 3.73. The van der Waals surface area contributed by atoms with Gasteiger partial charge < -0.3 is 19.2 Å². The van der Waals surface area contributed by atoms with Crippen LogP contribution >= 0.6 is 0 Å². The molecule has 0 saturated carbocycles. The van der Waals surface area contributed by atoms with Crippen LogP contribution in [0.2, 0.25) is 0 Å². The van der Waals surface area contributed by atoms with E-state index in [-0.39, 0.29) is 16.9 Å². The highest BCUT2D eigenvalue weighted by atomic mass is 16.5. The quantitative estimate of drug-likeness (QED) is 0.393. The van der Waals surface area contributed by atoms with Crippen molar-refractivity contribution in [1.82, 2.24) is 0 Å². The fourth-order valence-electron chi connectivity index (χ4n) is 3.59.